The van der Waals surface area contributed by atoms with Gasteiger partial charge in [0.05, 0.1) is 0 Å². The van der Waals surface area contributed by atoms with E-state index in [-0.39, 0.29) is 21.7 Å². The first-order valence-electron chi connectivity index (χ1n) is 15.6. The van der Waals surface area contributed by atoms with Gasteiger partial charge in [-0.3, -0.25) is 0 Å². The zero-order valence-electron chi connectivity index (χ0n) is 27.3. The van der Waals surface area contributed by atoms with Crippen LogP contribution in [0.2, 0.25) is 0 Å². The third kappa shape index (κ3) is 4.40. The van der Waals surface area contributed by atoms with E-state index in [1.165, 1.54) is 35.1 Å². The van der Waals surface area contributed by atoms with Gasteiger partial charge in [-0.25, -0.2) is 0 Å². The molecule has 0 bridgehead atoms. The van der Waals surface area contributed by atoms with E-state index < -0.39 is 0 Å². The van der Waals surface area contributed by atoms with Gasteiger partial charge in [0.25, 0.3) is 0 Å². The third-order valence-electron chi connectivity index (χ3n) is 10.6. The lowest BCUT2D eigenvalue weighted by Crippen LogP contribution is -2.35. The highest BCUT2D eigenvalue weighted by atomic mass is 14.6. The molecule has 0 nitrogen and oxygen atoms in total. The molecule has 0 amide bonds. The highest BCUT2D eigenvalue weighted by molar-refractivity contribution is 5.81. The Balaban J connectivity index is 1.80. The summed E-state index contributed by atoms with van der Waals surface area (Å²) >= 11 is 0. The molecule has 2 unspecified atom stereocenters. The molecule has 210 valence electrons. The molecule has 0 heterocycles. The normalized spacial score (nSPS) is 23.6. The van der Waals surface area contributed by atoms with Crippen LogP contribution in [-0.4, -0.2) is 0 Å². The molecule has 0 N–H and O–H groups in total. The first-order valence-corrected chi connectivity index (χ1v) is 15.6. The van der Waals surface area contributed by atoms with Crippen molar-refractivity contribution in [2.24, 2.45) is 28.6 Å². The summed E-state index contributed by atoms with van der Waals surface area (Å²) in [6.45, 7) is 31.3. The molecule has 3 aliphatic rings. The monoisotopic (exact) mass is 522 g/mol. The van der Waals surface area contributed by atoms with Crippen molar-refractivity contribution in [1.29, 1.82) is 0 Å². The molecule has 2 aromatic rings. The van der Waals surface area contributed by atoms with Gasteiger partial charge in [-0.2, -0.15) is 0 Å². The van der Waals surface area contributed by atoms with Crippen LogP contribution in [0.5, 0.6) is 0 Å². The molecular weight excluding hydrogens is 468 g/mol. The summed E-state index contributed by atoms with van der Waals surface area (Å²) in [5.74, 6) is 2.27. The minimum Gasteiger partial charge on any atom is -0.0622 e. The molecule has 0 saturated carbocycles. The summed E-state index contributed by atoms with van der Waals surface area (Å²) in [6, 6.07) is 15.0. The summed E-state index contributed by atoms with van der Waals surface area (Å²) in [5.41, 5.74) is 14.7. The third-order valence-corrected chi connectivity index (χ3v) is 10.6. The zero-order valence-corrected chi connectivity index (χ0v) is 27.3. The first kappa shape index (κ1) is 28.4. The average molecular weight is 523 g/mol. The van der Waals surface area contributed by atoms with Gasteiger partial charge in [0.1, 0.15) is 0 Å². The smallest absolute Gasteiger partial charge is 0.0201 e. The van der Waals surface area contributed by atoms with E-state index >= 15 is 0 Å². The van der Waals surface area contributed by atoms with Crippen LogP contribution in [0, 0.1) is 28.6 Å². The van der Waals surface area contributed by atoms with Gasteiger partial charge >= 0.3 is 0 Å². The van der Waals surface area contributed by atoms with Crippen molar-refractivity contribution in [1.82, 2.24) is 0 Å². The molecule has 0 heteroatoms. The number of hydrogen-bond donors (Lipinski definition) is 0. The Bertz CT molecular complexity index is 1290. The maximum absolute atomic E-state index is 2.68. The number of fused-ring (bicyclic) bond motifs is 3. The highest BCUT2D eigenvalue weighted by Gasteiger charge is 2.56. The van der Waals surface area contributed by atoms with Crippen molar-refractivity contribution in [3.8, 4) is 11.1 Å². The molecule has 0 radical (unpaired) electrons. The molecule has 0 saturated heterocycles. The molecule has 2 atom stereocenters. The molecule has 0 aromatic heterocycles. The highest BCUT2D eigenvalue weighted by Crippen LogP contribution is 2.68. The van der Waals surface area contributed by atoms with Crippen LogP contribution in [0.25, 0.3) is 11.1 Å². The molecule has 0 aliphatic heterocycles. The summed E-state index contributed by atoms with van der Waals surface area (Å²) in [6.07, 6.45) is 5.13. The lowest BCUT2D eigenvalue weighted by Gasteiger charge is -2.44. The van der Waals surface area contributed by atoms with Gasteiger partial charge in [0.15, 0.2) is 0 Å². The predicted molar refractivity (Wildman–Crippen MR) is 171 cm³/mol. The number of hydrogen-bond acceptors (Lipinski definition) is 0. The van der Waals surface area contributed by atoms with Crippen LogP contribution in [-0.2, 0) is 10.8 Å². The van der Waals surface area contributed by atoms with Gasteiger partial charge in [-0.05, 0) is 85.8 Å². The van der Waals surface area contributed by atoms with Crippen molar-refractivity contribution in [2.45, 2.75) is 120 Å². The summed E-state index contributed by atoms with van der Waals surface area (Å²) in [4.78, 5) is 0. The van der Waals surface area contributed by atoms with Gasteiger partial charge < -0.3 is 0 Å². The quantitative estimate of drug-likeness (QED) is 0.376. The van der Waals surface area contributed by atoms with Crippen LogP contribution < -0.4 is 0 Å². The van der Waals surface area contributed by atoms with Gasteiger partial charge in [-0.1, -0.05) is 144 Å². The van der Waals surface area contributed by atoms with Crippen LogP contribution in [0.1, 0.15) is 131 Å². The SMILES string of the molecule is CC(C)C1CC(C(C)C)(C2c3ccc(C(C)(C)C)cc3-c3cc(C(C)(C)C)ccc32)C2=C1CC(C(C)(C)C)=C2. The zero-order chi connectivity index (χ0) is 28.9. The Hall–Kier alpha value is -2.08. The van der Waals surface area contributed by atoms with Gasteiger partial charge in [-0.15, -0.1) is 0 Å². The van der Waals surface area contributed by atoms with Crippen molar-refractivity contribution < 1.29 is 0 Å². The van der Waals surface area contributed by atoms with Crippen LogP contribution in [0.15, 0.2) is 59.2 Å². The lowest BCUT2D eigenvalue weighted by molar-refractivity contribution is 0.184. The predicted octanol–water partition coefficient (Wildman–Crippen LogP) is 11.4. The second-order valence-electron chi connectivity index (χ2n) is 16.8. The number of allylic oxidation sites excluding steroid dienone is 4. The van der Waals surface area contributed by atoms with E-state index in [1.54, 1.807) is 27.8 Å². The van der Waals surface area contributed by atoms with Crippen LogP contribution in [0.4, 0.5) is 0 Å². The molecule has 39 heavy (non-hydrogen) atoms. The van der Waals surface area contributed by atoms with Crippen molar-refractivity contribution in [2.75, 3.05) is 0 Å². The van der Waals surface area contributed by atoms with Gasteiger partial charge in [0, 0.05) is 11.3 Å². The maximum atomic E-state index is 2.68. The fourth-order valence-electron chi connectivity index (χ4n) is 7.99. The number of rotatable bonds is 3. The maximum Gasteiger partial charge on any atom is 0.0201 e. The lowest BCUT2D eigenvalue weighted by atomic mass is 9.59. The van der Waals surface area contributed by atoms with E-state index in [9.17, 15) is 0 Å². The van der Waals surface area contributed by atoms with Gasteiger partial charge in [0.2, 0.25) is 0 Å². The Morgan fingerprint density at radius 2 is 1.18 bits per heavy atom. The van der Waals surface area contributed by atoms with E-state index in [1.807, 2.05) is 0 Å². The van der Waals surface area contributed by atoms with Crippen molar-refractivity contribution in [3.63, 3.8) is 0 Å². The van der Waals surface area contributed by atoms with E-state index in [0.717, 1.165) is 0 Å². The molecule has 0 fully saturated rings. The number of benzene rings is 2. The van der Waals surface area contributed by atoms with E-state index in [2.05, 4.69) is 132 Å². The fraction of sp³-hybridized carbons (Fsp3) is 0.590. The first-order chi connectivity index (χ1) is 17.9. The molecule has 0 spiro atoms. The molecule has 3 aliphatic carbocycles. The van der Waals surface area contributed by atoms with Crippen molar-refractivity contribution >= 4 is 0 Å². The Labute approximate surface area is 240 Å². The standard InChI is InChI=1S/C39H54/c1-23(2)33-22-39(24(3)4,34-21-27(20-32(33)34)38(11,12)13)35-28-16-14-25(36(5,6)7)18-30(28)31-19-26(37(8,9)10)15-17-29(31)35/h14-19,21,23-24,33,35H,20,22H2,1-13H3. The van der Waals surface area contributed by atoms with Crippen LogP contribution >= 0.6 is 0 Å². The average Bonchev–Trinajstić information content (AvgIpc) is 3.46. The minimum atomic E-state index is 0.115. The summed E-state index contributed by atoms with van der Waals surface area (Å²) in [7, 11) is 0. The van der Waals surface area contributed by atoms with Crippen LogP contribution in [0.3, 0.4) is 0 Å². The topological polar surface area (TPSA) is 0 Å². The van der Waals surface area contributed by atoms with Crippen molar-refractivity contribution in [3.05, 3.63) is 81.4 Å². The second kappa shape index (κ2) is 8.96. The van der Waals surface area contributed by atoms with E-state index in [4.69, 9.17) is 0 Å². The fourth-order valence-corrected chi connectivity index (χ4v) is 7.99. The minimum absolute atomic E-state index is 0.115. The largest absolute Gasteiger partial charge is 0.0622 e. The molecule has 2 aromatic carbocycles. The Morgan fingerprint density at radius 3 is 1.56 bits per heavy atom. The second-order valence-corrected chi connectivity index (χ2v) is 16.8. The Kier molecular flexibility index (Phi) is 6.54. The molecular formula is C39H54. The summed E-state index contributed by atoms with van der Waals surface area (Å²) < 4.78 is 0. The van der Waals surface area contributed by atoms with E-state index in [0.29, 0.717) is 23.7 Å². The summed E-state index contributed by atoms with van der Waals surface area (Å²) in [5, 5.41) is 0. The Morgan fingerprint density at radius 1 is 0.692 bits per heavy atom. The molecule has 5 rings (SSSR count).